The van der Waals surface area contributed by atoms with Gasteiger partial charge in [-0.1, -0.05) is 42.0 Å². The van der Waals surface area contributed by atoms with Crippen LogP contribution in [-0.4, -0.2) is 12.6 Å². The van der Waals surface area contributed by atoms with E-state index in [1.165, 1.54) is 6.07 Å². The zero-order valence-electron chi connectivity index (χ0n) is 12.9. The summed E-state index contributed by atoms with van der Waals surface area (Å²) in [5.74, 6) is -0.0642. The maximum atomic E-state index is 12.4. The van der Waals surface area contributed by atoms with Crippen molar-refractivity contribution < 1.29 is 18.3 Å². The summed E-state index contributed by atoms with van der Waals surface area (Å²) in [4.78, 5) is 12.0. The number of rotatable bonds is 5. The second-order valence-electron chi connectivity index (χ2n) is 5.12. The Balaban J connectivity index is 2.02. The number of hydrogen-bond donors (Lipinski definition) is 2. The van der Waals surface area contributed by atoms with E-state index in [-0.39, 0.29) is 11.4 Å². The topological polar surface area (TPSA) is 50.4 Å². The lowest BCUT2D eigenvalue weighted by Crippen LogP contribution is -2.28. The number of alkyl halides is 2. The number of nitrogens with one attached hydrogen (secondary N) is 2. The van der Waals surface area contributed by atoms with Gasteiger partial charge in [-0.25, -0.2) is 4.79 Å². The molecule has 0 unspecified atom stereocenters. The molecule has 23 heavy (non-hydrogen) atoms. The zero-order valence-corrected chi connectivity index (χ0v) is 12.9. The Labute approximate surface area is 133 Å². The van der Waals surface area contributed by atoms with Crippen molar-refractivity contribution in [3.63, 3.8) is 0 Å². The van der Waals surface area contributed by atoms with Gasteiger partial charge in [0.2, 0.25) is 0 Å². The minimum Gasteiger partial charge on any atom is -0.433 e. The van der Waals surface area contributed by atoms with Crippen LogP contribution in [0.15, 0.2) is 42.5 Å². The number of aryl methyl sites for hydroxylation is 2. The van der Waals surface area contributed by atoms with E-state index in [0.717, 1.165) is 11.1 Å². The van der Waals surface area contributed by atoms with E-state index in [1.54, 1.807) is 19.1 Å². The molecule has 0 bridgehead atoms. The van der Waals surface area contributed by atoms with Crippen LogP contribution in [0, 0.1) is 13.8 Å². The number of benzene rings is 2. The fraction of sp³-hybridized carbons (Fsp3) is 0.235. The van der Waals surface area contributed by atoms with Gasteiger partial charge < -0.3 is 15.4 Å². The molecule has 0 aliphatic carbocycles. The van der Waals surface area contributed by atoms with Gasteiger partial charge in [-0.3, -0.25) is 0 Å². The smallest absolute Gasteiger partial charge is 0.387 e. The van der Waals surface area contributed by atoms with E-state index in [1.807, 2.05) is 31.2 Å². The second-order valence-corrected chi connectivity index (χ2v) is 5.12. The standard InChI is InChI=1S/C17H18F2N2O2/c1-11-5-3-7-13(9-11)10-20-17(22)21-15-12(2)6-4-8-14(15)23-16(18)19/h3-9,16H,10H2,1-2H3,(H2,20,21,22). The first-order chi connectivity index (χ1) is 11.0. The monoisotopic (exact) mass is 320 g/mol. The molecule has 2 rings (SSSR count). The lowest BCUT2D eigenvalue weighted by atomic mass is 10.1. The fourth-order valence-corrected chi connectivity index (χ4v) is 2.16. The zero-order chi connectivity index (χ0) is 16.8. The van der Waals surface area contributed by atoms with Crippen LogP contribution in [0.5, 0.6) is 5.75 Å². The number of para-hydroxylation sites is 1. The Bertz CT molecular complexity index is 690. The number of carbonyl (C=O) groups is 1. The molecule has 0 saturated heterocycles. The largest absolute Gasteiger partial charge is 0.433 e. The predicted octanol–water partition coefficient (Wildman–Crippen LogP) is 4.23. The van der Waals surface area contributed by atoms with Crippen molar-refractivity contribution >= 4 is 11.7 Å². The second kappa shape index (κ2) is 7.58. The third-order valence-corrected chi connectivity index (χ3v) is 3.22. The summed E-state index contributed by atoms with van der Waals surface area (Å²) < 4.78 is 29.3. The molecular formula is C17H18F2N2O2. The van der Waals surface area contributed by atoms with Crippen LogP contribution in [0.2, 0.25) is 0 Å². The molecule has 2 aromatic carbocycles. The quantitative estimate of drug-likeness (QED) is 0.866. The summed E-state index contributed by atoms with van der Waals surface area (Å²) in [6.07, 6.45) is 0. The van der Waals surface area contributed by atoms with E-state index in [0.29, 0.717) is 12.1 Å². The molecule has 0 heterocycles. The van der Waals surface area contributed by atoms with Crippen LogP contribution in [0.4, 0.5) is 19.3 Å². The molecular weight excluding hydrogens is 302 g/mol. The van der Waals surface area contributed by atoms with Crippen LogP contribution in [-0.2, 0) is 6.54 Å². The number of ether oxygens (including phenoxy) is 1. The average molecular weight is 320 g/mol. The van der Waals surface area contributed by atoms with E-state index in [9.17, 15) is 13.6 Å². The summed E-state index contributed by atoms with van der Waals surface area (Å²) in [5.41, 5.74) is 2.91. The van der Waals surface area contributed by atoms with E-state index < -0.39 is 12.6 Å². The number of hydrogen-bond acceptors (Lipinski definition) is 2. The van der Waals surface area contributed by atoms with Gasteiger partial charge in [0.1, 0.15) is 5.75 Å². The molecule has 0 aliphatic rings. The lowest BCUT2D eigenvalue weighted by molar-refractivity contribution is -0.0493. The molecule has 2 amide bonds. The SMILES string of the molecule is Cc1cccc(CNC(=O)Nc2c(C)cccc2OC(F)F)c1. The molecule has 0 radical (unpaired) electrons. The summed E-state index contributed by atoms with van der Waals surface area (Å²) in [7, 11) is 0. The van der Waals surface area contributed by atoms with Crippen molar-refractivity contribution in [2.75, 3.05) is 5.32 Å². The number of carbonyl (C=O) groups excluding carboxylic acids is 1. The molecule has 6 heteroatoms. The molecule has 0 fully saturated rings. The maximum absolute atomic E-state index is 12.4. The molecule has 0 aromatic heterocycles. The molecule has 0 atom stereocenters. The van der Waals surface area contributed by atoms with Crippen molar-refractivity contribution in [1.29, 1.82) is 0 Å². The Hall–Kier alpha value is -2.63. The van der Waals surface area contributed by atoms with Gasteiger partial charge in [-0.05, 0) is 31.0 Å². The number of anilines is 1. The van der Waals surface area contributed by atoms with Crippen molar-refractivity contribution in [2.24, 2.45) is 0 Å². The summed E-state index contributed by atoms with van der Waals surface area (Å²) in [6.45, 7) is 1.05. The minimum absolute atomic E-state index is 0.0642. The molecule has 4 nitrogen and oxygen atoms in total. The summed E-state index contributed by atoms with van der Waals surface area (Å²) >= 11 is 0. The Morgan fingerprint density at radius 3 is 2.61 bits per heavy atom. The van der Waals surface area contributed by atoms with Gasteiger partial charge in [0, 0.05) is 6.54 Å². The summed E-state index contributed by atoms with van der Waals surface area (Å²) in [5, 5.41) is 5.25. The van der Waals surface area contributed by atoms with Gasteiger partial charge in [0.05, 0.1) is 5.69 Å². The Morgan fingerprint density at radius 2 is 1.91 bits per heavy atom. The molecule has 2 aromatic rings. The highest BCUT2D eigenvalue weighted by molar-refractivity contribution is 5.91. The highest BCUT2D eigenvalue weighted by Crippen LogP contribution is 2.29. The third-order valence-electron chi connectivity index (χ3n) is 3.22. The fourth-order valence-electron chi connectivity index (χ4n) is 2.16. The third kappa shape index (κ3) is 4.95. The maximum Gasteiger partial charge on any atom is 0.387 e. The Morgan fingerprint density at radius 1 is 1.17 bits per heavy atom. The number of urea groups is 1. The molecule has 0 aliphatic heterocycles. The van der Waals surface area contributed by atoms with Gasteiger partial charge >= 0.3 is 12.6 Å². The van der Waals surface area contributed by atoms with E-state index >= 15 is 0 Å². The van der Waals surface area contributed by atoms with Crippen LogP contribution in [0.1, 0.15) is 16.7 Å². The van der Waals surface area contributed by atoms with E-state index in [4.69, 9.17) is 0 Å². The molecule has 2 N–H and O–H groups in total. The molecule has 0 spiro atoms. The van der Waals surface area contributed by atoms with Crippen LogP contribution in [0.25, 0.3) is 0 Å². The van der Waals surface area contributed by atoms with Gasteiger partial charge in [-0.15, -0.1) is 0 Å². The number of amides is 2. The Kier molecular flexibility index (Phi) is 5.51. The van der Waals surface area contributed by atoms with E-state index in [2.05, 4.69) is 15.4 Å². The highest BCUT2D eigenvalue weighted by atomic mass is 19.3. The van der Waals surface area contributed by atoms with Crippen LogP contribution < -0.4 is 15.4 Å². The van der Waals surface area contributed by atoms with Crippen molar-refractivity contribution in [3.8, 4) is 5.75 Å². The predicted molar refractivity (Wildman–Crippen MR) is 84.8 cm³/mol. The minimum atomic E-state index is -2.95. The molecule has 0 saturated carbocycles. The lowest BCUT2D eigenvalue weighted by Gasteiger charge is -2.15. The first-order valence-electron chi connectivity index (χ1n) is 7.10. The van der Waals surface area contributed by atoms with Gasteiger partial charge in [0.15, 0.2) is 0 Å². The first kappa shape index (κ1) is 16.7. The van der Waals surface area contributed by atoms with Crippen molar-refractivity contribution in [1.82, 2.24) is 5.32 Å². The average Bonchev–Trinajstić information content (AvgIpc) is 2.48. The molecule has 122 valence electrons. The van der Waals surface area contributed by atoms with Crippen molar-refractivity contribution in [3.05, 3.63) is 59.2 Å². The first-order valence-corrected chi connectivity index (χ1v) is 7.10. The van der Waals surface area contributed by atoms with Crippen molar-refractivity contribution in [2.45, 2.75) is 27.0 Å². The summed E-state index contributed by atoms with van der Waals surface area (Å²) in [6, 6.07) is 11.9. The van der Waals surface area contributed by atoms with Crippen LogP contribution >= 0.6 is 0 Å². The van der Waals surface area contributed by atoms with Gasteiger partial charge in [0.25, 0.3) is 0 Å². The van der Waals surface area contributed by atoms with Crippen LogP contribution in [0.3, 0.4) is 0 Å². The normalized spacial score (nSPS) is 10.5. The van der Waals surface area contributed by atoms with Gasteiger partial charge in [-0.2, -0.15) is 8.78 Å². The number of halogens is 2. The highest BCUT2D eigenvalue weighted by Gasteiger charge is 2.13.